The smallest absolute Gasteiger partial charge is 0.332 e. The predicted octanol–water partition coefficient (Wildman–Crippen LogP) is 1.24. The standard InChI is InChI=1S/C13H19NO4/c15-12(14-8-9-4-3-7-18-9)10-5-1-2-6-11(10)13(16)17/h9H,1-8H2,(H,14,15)(H,16,17). The Morgan fingerprint density at radius 3 is 2.56 bits per heavy atom. The van der Waals surface area contributed by atoms with E-state index in [1.165, 1.54) is 0 Å². The van der Waals surface area contributed by atoms with Gasteiger partial charge in [0.05, 0.1) is 6.10 Å². The lowest BCUT2D eigenvalue weighted by molar-refractivity contribution is -0.133. The van der Waals surface area contributed by atoms with Crippen LogP contribution in [0.25, 0.3) is 0 Å². The molecular weight excluding hydrogens is 234 g/mol. The zero-order valence-electron chi connectivity index (χ0n) is 10.4. The summed E-state index contributed by atoms with van der Waals surface area (Å²) in [5.74, 6) is -1.19. The van der Waals surface area contributed by atoms with E-state index in [0.29, 0.717) is 25.0 Å². The number of rotatable bonds is 4. The number of carboxylic acids is 1. The van der Waals surface area contributed by atoms with E-state index in [9.17, 15) is 9.59 Å². The largest absolute Gasteiger partial charge is 0.478 e. The summed E-state index contributed by atoms with van der Waals surface area (Å²) in [5.41, 5.74) is 0.734. The molecule has 0 radical (unpaired) electrons. The number of hydrogen-bond donors (Lipinski definition) is 2. The van der Waals surface area contributed by atoms with Crippen LogP contribution in [-0.2, 0) is 14.3 Å². The highest BCUT2D eigenvalue weighted by Gasteiger charge is 2.24. The summed E-state index contributed by atoms with van der Waals surface area (Å²) in [5, 5.41) is 11.9. The number of nitrogens with one attached hydrogen (secondary N) is 1. The van der Waals surface area contributed by atoms with Crippen LogP contribution in [0, 0.1) is 0 Å². The van der Waals surface area contributed by atoms with E-state index in [1.807, 2.05) is 0 Å². The molecule has 0 aromatic rings. The van der Waals surface area contributed by atoms with Crippen LogP contribution >= 0.6 is 0 Å². The zero-order chi connectivity index (χ0) is 13.0. The molecule has 0 bridgehead atoms. The number of carbonyl (C=O) groups is 2. The molecular formula is C13H19NO4. The fourth-order valence-corrected chi connectivity index (χ4v) is 2.51. The van der Waals surface area contributed by atoms with Gasteiger partial charge in [0.1, 0.15) is 0 Å². The summed E-state index contributed by atoms with van der Waals surface area (Å²) in [6.45, 7) is 1.23. The molecule has 1 saturated heterocycles. The molecule has 0 aromatic carbocycles. The van der Waals surface area contributed by atoms with Gasteiger partial charge in [0, 0.05) is 24.3 Å². The highest BCUT2D eigenvalue weighted by atomic mass is 16.5. The average molecular weight is 253 g/mol. The molecule has 2 N–H and O–H groups in total. The molecule has 5 nitrogen and oxygen atoms in total. The summed E-state index contributed by atoms with van der Waals surface area (Å²) in [6.07, 6.45) is 4.89. The quantitative estimate of drug-likeness (QED) is 0.790. The first-order chi connectivity index (χ1) is 8.68. The Morgan fingerprint density at radius 2 is 1.94 bits per heavy atom. The maximum absolute atomic E-state index is 12.0. The van der Waals surface area contributed by atoms with Crippen LogP contribution in [0.5, 0.6) is 0 Å². The van der Waals surface area contributed by atoms with Crippen molar-refractivity contribution in [2.45, 2.75) is 44.6 Å². The minimum absolute atomic E-state index is 0.0893. The molecule has 1 aliphatic carbocycles. The molecule has 2 aliphatic rings. The van der Waals surface area contributed by atoms with Crippen molar-refractivity contribution in [3.8, 4) is 0 Å². The second-order valence-electron chi connectivity index (χ2n) is 4.81. The molecule has 1 amide bonds. The van der Waals surface area contributed by atoms with Crippen molar-refractivity contribution >= 4 is 11.9 Å². The van der Waals surface area contributed by atoms with Crippen molar-refractivity contribution in [2.24, 2.45) is 0 Å². The first-order valence-electron chi connectivity index (χ1n) is 6.53. The minimum atomic E-state index is -0.961. The number of ether oxygens (including phenoxy) is 1. The van der Waals surface area contributed by atoms with Gasteiger partial charge in [0.2, 0.25) is 5.91 Å². The first-order valence-corrected chi connectivity index (χ1v) is 6.53. The maximum Gasteiger partial charge on any atom is 0.332 e. The van der Waals surface area contributed by atoms with Crippen molar-refractivity contribution in [3.05, 3.63) is 11.1 Å². The van der Waals surface area contributed by atoms with Gasteiger partial charge in [-0.05, 0) is 38.5 Å². The third-order valence-corrected chi connectivity index (χ3v) is 3.51. The first kappa shape index (κ1) is 13.1. The molecule has 0 saturated carbocycles. The van der Waals surface area contributed by atoms with Crippen LogP contribution in [0.3, 0.4) is 0 Å². The second-order valence-corrected chi connectivity index (χ2v) is 4.81. The number of carboxylic acid groups (broad SMARTS) is 1. The molecule has 1 unspecified atom stereocenters. The lowest BCUT2D eigenvalue weighted by Crippen LogP contribution is -2.34. The SMILES string of the molecule is O=C(O)C1=C(C(=O)NCC2CCCO2)CCCC1. The van der Waals surface area contributed by atoms with Crippen molar-refractivity contribution in [3.63, 3.8) is 0 Å². The third kappa shape index (κ3) is 3.10. The van der Waals surface area contributed by atoms with Gasteiger partial charge < -0.3 is 15.2 Å². The van der Waals surface area contributed by atoms with Crippen LogP contribution in [-0.4, -0.2) is 36.2 Å². The van der Waals surface area contributed by atoms with E-state index in [4.69, 9.17) is 9.84 Å². The van der Waals surface area contributed by atoms with Crippen molar-refractivity contribution in [1.82, 2.24) is 5.32 Å². The number of carbonyl (C=O) groups excluding carboxylic acids is 1. The molecule has 2 rings (SSSR count). The van der Waals surface area contributed by atoms with Gasteiger partial charge in [0.15, 0.2) is 0 Å². The summed E-state index contributed by atoms with van der Waals surface area (Å²) >= 11 is 0. The van der Waals surface area contributed by atoms with E-state index in [2.05, 4.69) is 5.32 Å². The topological polar surface area (TPSA) is 75.6 Å². The Labute approximate surface area is 106 Å². The van der Waals surface area contributed by atoms with Crippen molar-refractivity contribution < 1.29 is 19.4 Å². The highest BCUT2D eigenvalue weighted by Crippen LogP contribution is 2.25. The predicted molar refractivity (Wildman–Crippen MR) is 65.1 cm³/mol. The maximum atomic E-state index is 12.0. The van der Waals surface area contributed by atoms with Gasteiger partial charge >= 0.3 is 5.97 Å². The van der Waals surface area contributed by atoms with E-state index in [0.717, 1.165) is 32.3 Å². The van der Waals surface area contributed by atoms with Crippen LogP contribution < -0.4 is 5.32 Å². The van der Waals surface area contributed by atoms with Gasteiger partial charge in [-0.2, -0.15) is 0 Å². The summed E-state index contributed by atoms with van der Waals surface area (Å²) in [6, 6.07) is 0. The number of hydrogen-bond acceptors (Lipinski definition) is 3. The summed E-state index contributed by atoms with van der Waals surface area (Å²) < 4.78 is 5.42. The van der Waals surface area contributed by atoms with Gasteiger partial charge in [-0.3, -0.25) is 4.79 Å². The molecule has 1 fully saturated rings. The zero-order valence-corrected chi connectivity index (χ0v) is 10.4. The van der Waals surface area contributed by atoms with Crippen LogP contribution in [0.15, 0.2) is 11.1 Å². The lowest BCUT2D eigenvalue weighted by atomic mass is 9.91. The van der Waals surface area contributed by atoms with Gasteiger partial charge in [-0.25, -0.2) is 4.79 Å². The van der Waals surface area contributed by atoms with Gasteiger partial charge in [0.25, 0.3) is 0 Å². The Hall–Kier alpha value is -1.36. The van der Waals surface area contributed by atoms with E-state index < -0.39 is 5.97 Å². The molecule has 5 heteroatoms. The lowest BCUT2D eigenvalue weighted by Gasteiger charge is -2.18. The van der Waals surface area contributed by atoms with Crippen molar-refractivity contribution in [1.29, 1.82) is 0 Å². The van der Waals surface area contributed by atoms with E-state index in [-0.39, 0.29) is 17.6 Å². The molecule has 1 aliphatic heterocycles. The van der Waals surface area contributed by atoms with Crippen LogP contribution in [0.4, 0.5) is 0 Å². The van der Waals surface area contributed by atoms with E-state index >= 15 is 0 Å². The molecule has 100 valence electrons. The third-order valence-electron chi connectivity index (χ3n) is 3.51. The Bertz CT molecular complexity index is 369. The monoisotopic (exact) mass is 253 g/mol. The minimum Gasteiger partial charge on any atom is -0.478 e. The Morgan fingerprint density at radius 1 is 1.22 bits per heavy atom. The van der Waals surface area contributed by atoms with E-state index in [1.54, 1.807) is 0 Å². The Balaban J connectivity index is 1.95. The fourth-order valence-electron chi connectivity index (χ4n) is 2.51. The molecule has 0 aromatic heterocycles. The molecule has 1 heterocycles. The van der Waals surface area contributed by atoms with Crippen LogP contribution in [0.1, 0.15) is 38.5 Å². The fraction of sp³-hybridized carbons (Fsp3) is 0.692. The highest BCUT2D eigenvalue weighted by molar-refractivity contribution is 6.02. The van der Waals surface area contributed by atoms with Gasteiger partial charge in [-0.15, -0.1) is 0 Å². The number of amides is 1. The summed E-state index contributed by atoms with van der Waals surface area (Å²) in [7, 11) is 0. The Kier molecular flexibility index (Phi) is 4.36. The second kappa shape index (κ2) is 6.00. The molecule has 0 spiro atoms. The van der Waals surface area contributed by atoms with Crippen LogP contribution in [0.2, 0.25) is 0 Å². The normalized spacial score (nSPS) is 24.1. The van der Waals surface area contributed by atoms with Crippen molar-refractivity contribution in [2.75, 3.05) is 13.2 Å². The molecule has 18 heavy (non-hydrogen) atoms. The van der Waals surface area contributed by atoms with Gasteiger partial charge in [-0.1, -0.05) is 0 Å². The summed E-state index contributed by atoms with van der Waals surface area (Å²) in [4.78, 5) is 23.0. The number of aliphatic carboxylic acids is 1. The molecule has 1 atom stereocenters. The average Bonchev–Trinajstić information content (AvgIpc) is 2.89.